The lowest BCUT2D eigenvalue weighted by atomic mass is 10.1. The van der Waals surface area contributed by atoms with Gasteiger partial charge in [0.05, 0.1) is 5.92 Å². The maximum absolute atomic E-state index is 11.3. The van der Waals surface area contributed by atoms with Gasteiger partial charge in [0.2, 0.25) is 0 Å². The van der Waals surface area contributed by atoms with Crippen LogP contribution in [0.2, 0.25) is 0 Å². The summed E-state index contributed by atoms with van der Waals surface area (Å²) in [5.41, 5.74) is 0. The van der Waals surface area contributed by atoms with Gasteiger partial charge in [0.15, 0.2) is 0 Å². The lowest BCUT2D eigenvalue weighted by Crippen LogP contribution is -2.06. The molecule has 0 bridgehead atoms. The first-order chi connectivity index (χ1) is 5.65. The highest BCUT2D eigenvalue weighted by atomic mass is 32.1. The van der Waals surface area contributed by atoms with E-state index in [1.54, 1.807) is 0 Å². The van der Waals surface area contributed by atoms with Crippen LogP contribution in [0.3, 0.4) is 0 Å². The summed E-state index contributed by atoms with van der Waals surface area (Å²) in [6, 6.07) is 0. The molecule has 0 amide bonds. The molecule has 0 N–H and O–H groups in total. The quantitative estimate of drug-likeness (QED) is 0.720. The molecule has 3 nitrogen and oxygen atoms in total. The number of aromatic nitrogens is 2. The van der Waals surface area contributed by atoms with Crippen LogP contribution in [0.15, 0.2) is 0 Å². The van der Waals surface area contributed by atoms with Crippen molar-refractivity contribution in [1.82, 2.24) is 10.2 Å². The zero-order chi connectivity index (χ0) is 9.14. The van der Waals surface area contributed by atoms with Crippen LogP contribution >= 0.6 is 11.3 Å². The maximum atomic E-state index is 11.3. The Kier molecular flexibility index (Phi) is 2.92. The van der Waals surface area contributed by atoms with Gasteiger partial charge in [-0.1, -0.05) is 6.92 Å². The second kappa shape index (κ2) is 3.76. The minimum absolute atomic E-state index is 0.0822. The molecule has 1 heterocycles. The van der Waals surface area contributed by atoms with E-state index in [0.29, 0.717) is 6.42 Å². The van der Waals surface area contributed by atoms with Crippen molar-refractivity contribution in [1.29, 1.82) is 0 Å². The summed E-state index contributed by atoms with van der Waals surface area (Å²) in [5.74, 6) is 0.146. The molecule has 0 aromatic carbocycles. The predicted octanol–water partition coefficient (Wildman–Crippen LogP) is 1.93. The monoisotopic (exact) mass is 184 g/mol. The second-order valence-corrected chi connectivity index (χ2v) is 3.91. The summed E-state index contributed by atoms with van der Waals surface area (Å²) in [7, 11) is 0. The molecule has 0 radical (unpaired) electrons. The van der Waals surface area contributed by atoms with Crippen LogP contribution in [-0.2, 0) is 4.79 Å². The Bertz CT molecular complexity index is 282. The Morgan fingerprint density at radius 3 is 2.67 bits per heavy atom. The Labute approximate surface area is 75.8 Å². The Balaban J connectivity index is 2.77. The van der Waals surface area contributed by atoms with Gasteiger partial charge in [-0.25, -0.2) is 0 Å². The van der Waals surface area contributed by atoms with Crippen molar-refractivity contribution >= 4 is 17.1 Å². The molecule has 0 fully saturated rings. The molecule has 12 heavy (non-hydrogen) atoms. The molecule has 0 aliphatic rings. The van der Waals surface area contributed by atoms with Gasteiger partial charge in [0, 0.05) is 6.42 Å². The smallest absolute Gasteiger partial charge is 0.142 e. The zero-order valence-electron chi connectivity index (χ0n) is 7.50. The van der Waals surface area contributed by atoms with Gasteiger partial charge in [-0.2, -0.15) is 0 Å². The van der Waals surface area contributed by atoms with Crippen LogP contribution in [0.1, 0.15) is 36.2 Å². The average molecular weight is 184 g/mol. The minimum Gasteiger partial charge on any atom is -0.299 e. The summed E-state index contributed by atoms with van der Waals surface area (Å²) < 4.78 is 0. The van der Waals surface area contributed by atoms with Crippen LogP contribution < -0.4 is 0 Å². The Morgan fingerprint density at radius 2 is 2.25 bits per heavy atom. The van der Waals surface area contributed by atoms with E-state index in [1.807, 2.05) is 20.8 Å². The molecule has 66 valence electrons. The average Bonchev–Trinajstić information content (AvgIpc) is 2.49. The summed E-state index contributed by atoms with van der Waals surface area (Å²) >= 11 is 1.50. The normalized spacial score (nSPS) is 12.9. The Hall–Kier alpha value is -0.770. The lowest BCUT2D eigenvalue weighted by molar-refractivity contribution is -0.119. The van der Waals surface area contributed by atoms with Crippen LogP contribution in [0.4, 0.5) is 0 Å². The Morgan fingerprint density at radius 1 is 1.58 bits per heavy atom. The van der Waals surface area contributed by atoms with E-state index in [0.717, 1.165) is 10.0 Å². The SMILES string of the molecule is CCC(=O)C(C)c1nnc(C)s1. The highest BCUT2D eigenvalue weighted by Crippen LogP contribution is 2.20. The van der Waals surface area contributed by atoms with Gasteiger partial charge < -0.3 is 0 Å². The molecule has 1 atom stereocenters. The molecule has 0 saturated carbocycles. The van der Waals surface area contributed by atoms with E-state index in [9.17, 15) is 4.79 Å². The van der Waals surface area contributed by atoms with Gasteiger partial charge in [-0.3, -0.25) is 4.79 Å². The van der Waals surface area contributed by atoms with Crippen LogP contribution in [0.25, 0.3) is 0 Å². The first kappa shape index (κ1) is 9.32. The molecule has 4 heteroatoms. The molecule has 1 unspecified atom stereocenters. The topological polar surface area (TPSA) is 42.9 Å². The molecule has 0 spiro atoms. The van der Waals surface area contributed by atoms with Gasteiger partial charge in [-0.15, -0.1) is 21.5 Å². The van der Waals surface area contributed by atoms with E-state index in [-0.39, 0.29) is 11.7 Å². The molecule has 1 aromatic heterocycles. The molecule has 1 rings (SSSR count). The van der Waals surface area contributed by atoms with Gasteiger partial charge in [-0.05, 0) is 13.8 Å². The number of nitrogens with zero attached hydrogens (tertiary/aromatic N) is 2. The van der Waals surface area contributed by atoms with Crippen molar-refractivity contribution in [3.05, 3.63) is 10.0 Å². The summed E-state index contributed by atoms with van der Waals surface area (Å²) in [6.07, 6.45) is 0.569. The molecule has 0 aliphatic carbocycles. The maximum Gasteiger partial charge on any atom is 0.142 e. The third-order valence-corrected chi connectivity index (χ3v) is 2.76. The predicted molar refractivity (Wildman–Crippen MR) is 48.4 cm³/mol. The number of hydrogen-bond donors (Lipinski definition) is 0. The molecular weight excluding hydrogens is 172 g/mol. The molecule has 1 aromatic rings. The van der Waals surface area contributed by atoms with Crippen LogP contribution in [-0.4, -0.2) is 16.0 Å². The van der Waals surface area contributed by atoms with Crippen molar-refractivity contribution < 1.29 is 4.79 Å². The molecule has 0 aliphatic heterocycles. The highest BCUT2D eigenvalue weighted by molar-refractivity contribution is 7.11. The van der Waals surface area contributed by atoms with E-state index in [2.05, 4.69) is 10.2 Å². The standard InChI is InChI=1S/C8H12N2OS/c1-4-7(11)5(2)8-10-9-6(3)12-8/h5H,4H2,1-3H3. The fourth-order valence-electron chi connectivity index (χ4n) is 0.931. The fraction of sp³-hybridized carbons (Fsp3) is 0.625. The van der Waals surface area contributed by atoms with Crippen molar-refractivity contribution in [2.24, 2.45) is 0 Å². The van der Waals surface area contributed by atoms with Crippen molar-refractivity contribution in [2.45, 2.75) is 33.1 Å². The number of carbonyl (C=O) groups excluding carboxylic acids is 1. The first-order valence-corrected chi connectivity index (χ1v) is 4.79. The van der Waals surface area contributed by atoms with Gasteiger partial charge >= 0.3 is 0 Å². The number of hydrogen-bond acceptors (Lipinski definition) is 4. The van der Waals surface area contributed by atoms with Gasteiger partial charge in [0.25, 0.3) is 0 Å². The first-order valence-electron chi connectivity index (χ1n) is 3.97. The lowest BCUT2D eigenvalue weighted by Gasteiger charge is -2.02. The highest BCUT2D eigenvalue weighted by Gasteiger charge is 2.16. The summed E-state index contributed by atoms with van der Waals surface area (Å²) in [5, 5.41) is 9.55. The fourth-order valence-corrected chi connectivity index (χ4v) is 1.70. The van der Waals surface area contributed by atoms with E-state index in [1.165, 1.54) is 11.3 Å². The molecular formula is C8H12N2OS. The largest absolute Gasteiger partial charge is 0.299 e. The number of carbonyl (C=O) groups is 1. The van der Waals surface area contributed by atoms with Crippen LogP contribution in [0, 0.1) is 6.92 Å². The van der Waals surface area contributed by atoms with Gasteiger partial charge in [0.1, 0.15) is 15.8 Å². The summed E-state index contributed by atoms with van der Waals surface area (Å²) in [6.45, 7) is 5.64. The van der Waals surface area contributed by atoms with E-state index < -0.39 is 0 Å². The van der Waals surface area contributed by atoms with E-state index >= 15 is 0 Å². The van der Waals surface area contributed by atoms with Crippen molar-refractivity contribution in [2.75, 3.05) is 0 Å². The third-order valence-electron chi connectivity index (χ3n) is 1.74. The second-order valence-electron chi connectivity index (χ2n) is 2.70. The van der Waals surface area contributed by atoms with E-state index in [4.69, 9.17) is 0 Å². The number of rotatable bonds is 3. The van der Waals surface area contributed by atoms with Crippen molar-refractivity contribution in [3.8, 4) is 0 Å². The number of Topliss-reactive ketones (excluding diaryl/α,β-unsaturated/α-hetero) is 1. The van der Waals surface area contributed by atoms with Crippen LogP contribution in [0.5, 0.6) is 0 Å². The zero-order valence-corrected chi connectivity index (χ0v) is 8.31. The number of aryl methyl sites for hydroxylation is 1. The molecule has 0 saturated heterocycles. The minimum atomic E-state index is -0.0822. The summed E-state index contributed by atoms with van der Waals surface area (Å²) in [4.78, 5) is 11.3. The third kappa shape index (κ3) is 1.88. The van der Waals surface area contributed by atoms with Crippen molar-refractivity contribution in [3.63, 3.8) is 0 Å². The number of ketones is 1.